The minimum atomic E-state index is -0.485. The maximum absolute atomic E-state index is 12.8. The minimum absolute atomic E-state index is 0.185. The summed E-state index contributed by atoms with van der Waals surface area (Å²) in [6, 6.07) is 18.4. The third kappa shape index (κ3) is 4.19. The van der Waals surface area contributed by atoms with Crippen molar-refractivity contribution >= 4 is 33.8 Å². The van der Waals surface area contributed by atoms with Crippen molar-refractivity contribution in [2.24, 2.45) is 0 Å². The molecule has 0 N–H and O–H groups in total. The van der Waals surface area contributed by atoms with Crippen LogP contribution in [0.1, 0.15) is 57.2 Å². The summed E-state index contributed by atoms with van der Waals surface area (Å²) >= 11 is 3.36. The van der Waals surface area contributed by atoms with Gasteiger partial charge in [0.05, 0.1) is 11.1 Å². The molecule has 1 heterocycles. The molecule has 0 fully saturated rings. The molecular formula is C26H21BrO4. The van der Waals surface area contributed by atoms with E-state index in [0.29, 0.717) is 38.6 Å². The molecule has 156 valence electrons. The normalized spacial score (nSPS) is 14.0. The number of ether oxygens (including phenoxy) is 2. The number of esters is 1. The van der Waals surface area contributed by atoms with Gasteiger partial charge in [0.15, 0.2) is 5.76 Å². The predicted molar refractivity (Wildman–Crippen MR) is 124 cm³/mol. The number of ketones is 1. The Morgan fingerprint density at radius 2 is 1.74 bits per heavy atom. The van der Waals surface area contributed by atoms with Crippen molar-refractivity contribution in [3.05, 3.63) is 98.7 Å². The summed E-state index contributed by atoms with van der Waals surface area (Å²) in [5.74, 6) is 0.804. The lowest BCUT2D eigenvalue weighted by molar-refractivity contribution is 0.0732. The van der Waals surface area contributed by atoms with Crippen molar-refractivity contribution in [2.45, 2.75) is 26.7 Å². The number of halogens is 1. The lowest BCUT2D eigenvalue weighted by Crippen LogP contribution is -2.10. The highest BCUT2D eigenvalue weighted by Crippen LogP contribution is 2.39. The zero-order chi connectivity index (χ0) is 22.1. The average Bonchev–Trinajstić information content (AvgIpc) is 3.07. The first-order valence-electron chi connectivity index (χ1n) is 9.99. The second-order valence-electron chi connectivity index (χ2n) is 7.70. The van der Waals surface area contributed by atoms with Crippen LogP contribution in [0.2, 0.25) is 0 Å². The van der Waals surface area contributed by atoms with Gasteiger partial charge >= 0.3 is 5.97 Å². The summed E-state index contributed by atoms with van der Waals surface area (Å²) in [5.41, 5.74) is 3.60. The van der Waals surface area contributed by atoms with Crippen LogP contribution >= 0.6 is 15.9 Å². The first-order chi connectivity index (χ1) is 14.8. The van der Waals surface area contributed by atoms with E-state index in [1.54, 1.807) is 43.3 Å². The fraction of sp³-hybridized carbons (Fsp3) is 0.154. The van der Waals surface area contributed by atoms with E-state index in [1.807, 2.05) is 30.3 Å². The number of carbonyl (C=O) groups excluding carboxylic acids is 2. The molecule has 0 bridgehead atoms. The van der Waals surface area contributed by atoms with E-state index in [2.05, 4.69) is 29.8 Å². The minimum Gasteiger partial charge on any atom is -0.452 e. The van der Waals surface area contributed by atoms with Crippen LogP contribution in [-0.4, -0.2) is 11.8 Å². The summed E-state index contributed by atoms with van der Waals surface area (Å²) in [6.45, 7) is 6.05. The van der Waals surface area contributed by atoms with E-state index in [-0.39, 0.29) is 11.5 Å². The number of allylic oxidation sites excluding steroid dienone is 1. The Balaban J connectivity index is 1.59. The Labute approximate surface area is 189 Å². The number of rotatable bonds is 4. The fourth-order valence-corrected chi connectivity index (χ4v) is 3.84. The Morgan fingerprint density at radius 3 is 2.42 bits per heavy atom. The quantitative estimate of drug-likeness (QED) is 0.238. The standard InChI is InChI=1S/C26H21BrO4/c1-15(2)18-10-8-17(9-11-18)14-23-24(28)20-12-13-22(16(3)25(20)30-23)31-26(29)19-6-4-5-7-21(19)27/h4-15H,1-3H3/b23-14-. The fourth-order valence-electron chi connectivity index (χ4n) is 3.39. The molecule has 0 aliphatic carbocycles. The molecule has 1 aliphatic rings. The topological polar surface area (TPSA) is 52.6 Å². The highest BCUT2D eigenvalue weighted by molar-refractivity contribution is 9.10. The number of hydrogen-bond donors (Lipinski definition) is 0. The van der Waals surface area contributed by atoms with Crippen molar-refractivity contribution in [2.75, 3.05) is 0 Å². The Bertz CT molecular complexity index is 1210. The molecule has 0 atom stereocenters. The van der Waals surface area contributed by atoms with Gasteiger partial charge in [0, 0.05) is 10.0 Å². The van der Waals surface area contributed by atoms with Crippen LogP contribution in [0, 0.1) is 6.92 Å². The van der Waals surface area contributed by atoms with Crippen LogP contribution in [0.5, 0.6) is 11.5 Å². The van der Waals surface area contributed by atoms with Crippen LogP contribution in [0.3, 0.4) is 0 Å². The molecule has 0 spiro atoms. The van der Waals surface area contributed by atoms with Crippen molar-refractivity contribution < 1.29 is 19.1 Å². The highest BCUT2D eigenvalue weighted by atomic mass is 79.9. The third-order valence-corrected chi connectivity index (χ3v) is 5.93. The van der Waals surface area contributed by atoms with Crippen molar-refractivity contribution in [1.29, 1.82) is 0 Å². The largest absolute Gasteiger partial charge is 0.452 e. The smallest absolute Gasteiger partial charge is 0.344 e. The molecule has 5 heteroatoms. The van der Waals surface area contributed by atoms with Gasteiger partial charge in [0.2, 0.25) is 5.78 Å². The van der Waals surface area contributed by atoms with Gasteiger partial charge in [-0.25, -0.2) is 4.79 Å². The van der Waals surface area contributed by atoms with Crippen LogP contribution in [0.4, 0.5) is 0 Å². The zero-order valence-electron chi connectivity index (χ0n) is 17.4. The first-order valence-corrected chi connectivity index (χ1v) is 10.8. The van der Waals surface area contributed by atoms with E-state index < -0.39 is 5.97 Å². The summed E-state index contributed by atoms with van der Waals surface area (Å²) in [7, 11) is 0. The molecule has 31 heavy (non-hydrogen) atoms. The molecule has 0 amide bonds. The second-order valence-corrected chi connectivity index (χ2v) is 8.55. The van der Waals surface area contributed by atoms with Gasteiger partial charge in [-0.05, 0) is 70.2 Å². The van der Waals surface area contributed by atoms with Gasteiger partial charge in [-0.1, -0.05) is 50.2 Å². The highest BCUT2D eigenvalue weighted by Gasteiger charge is 2.30. The summed E-state index contributed by atoms with van der Waals surface area (Å²) in [4.78, 5) is 25.4. The first kappa shape index (κ1) is 21.1. The van der Waals surface area contributed by atoms with E-state index in [0.717, 1.165) is 5.56 Å². The molecule has 1 aliphatic heterocycles. The number of fused-ring (bicyclic) bond motifs is 1. The van der Waals surface area contributed by atoms with E-state index in [9.17, 15) is 9.59 Å². The Hall–Kier alpha value is -3.18. The van der Waals surface area contributed by atoms with Crippen LogP contribution < -0.4 is 9.47 Å². The van der Waals surface area contributed by atoms with Crippen LogP contribution in [0.15, 0.2) is 70.9 Å². The molecular weight excluding hydrogens is 456 g/mol. The van der Waals surface area contributed by atoms with Gasteiger partial charge in [-0.2, -0.15) is 0 Å². The molecule has 0 saturated heterocycles. The van der Waals surface area contributed by atoms with Gasteiger partial charge < -0.3 is 9.47 Å². The van der Waals surface area contributed by atoms with E-state index in [1.165, 1.54) is 5.56 Å². The lowest BCUT2D eigenvalue weighted by Gasteiger charge is -2.10. The Kier molecular flexibility index (Phi) is 5.79. The van der Waals surface area contributed by atoms with E-state index >= 15 is 0 Å². The molecule has 4 nitrogen and oxygen atoms in total. The molecule has 0 radical (unpaired) electrons. The number of carbonyl (C=O) groups is 2. The van der Waals surface area contributed by atoms with Crippen LogP contribution in [0.25, 0.3) is 6.08 Å². The van der Waals surface area contributed by atoms with Crippen molar-refractivity contribution in [1.82, 2.24) is 0 Å². The van der Waals surface area contributed by atoms with Gasteiger partial charge in [-0.3, -0.25) is 4.79 Å². The van der Waals surface area contributed by atoms with Crippen LogP contribution in [-0.2, 0) is 0 Å². The molecule has 0 aromatic heterocycles. The maximum Gasteiger partial charge on any atom is 0.344 e. The third-order valence-electron chi connectivity index (χ3n) is 5.23. The predicted octanol–water partition coefficient (Wildman–Crippen LogP) is 6.72. The summed E-state index contributed by atoms with van der Waals surface area (Å²) in [5, 5.41) is 0. The molecule has 0 unspecified atom stereocenters. The van der Waals surface area contributed by atoms with Gasteiger partial charge in [0.25, 0.3) is 0 Å². The number of benzene rings is 3. The number of hydrogen-bond acceptors (Lipinski definition) is 4. The summed E-state index contributed by atoms with van der Waals surface area (Å²) in [6.07, 6.45) is 1.73. The molecule has 3 aromatic rings. The maximum atomic E-state index is 12.8. The van der Waals surface area contributed by atoms with E-state index in [4.69, 9.17) is 9.47 Å². The molecule has 4 rings (SSSR count). The lowest BCUT2D eigenvalue weighted by atomic mass is 10.0. The molecule has 3 aromatic carbocycles. The summed E-state index contributed by atoms with van der Waals surface area (Å²) < 4.78 is 12.1. The van der Waals surface area contributed by atoms with Crippen molar-refractivity contribution in [3.8, 4) is 11.5 Å². The number of Topliss-reactive ketones (excluding diaryl/α,β-unsaturated/α-hetero) is 1. The second kappa shape index (κ2) is 8.52. The van der Waals surface area contributed by atoms with Gasteiger partial charge in [0.1, 0.15) is 11.5 Å². The molecule has 0 saturated carbocycles. The monoisotopic (exact) mass is 476 g/mol. The SMILES string of the molecule is Cc1c(OC(=O)c2ccccc2Br)ccc2c1O/C(=C\c1ccc(C(C)C)cc1)C2=O. The Morgan fingerprint density at radius 1 is 1.03 bits per heavy atom. The van der Waals surface area contributed by atoms with Crippen molar-refractivity contribution in [3.63, 3.8) is 0 Å². The average molecular weight is 477 g/mol. The van der Waals surface area contributed by atoms with Gasteiger partial charge in [-0.15, -0.1) is 0 Å². The zero-order valence-corrected chi connectivity index (χ0v) is 19.0.